The molecule has 0 spiro atoms. The summed E-state index contributed by atoms with van der Waals surface area (Å²) in [5.74, 6) is -0.0755. The zero-order valence-electron chi connectivity index (χ0n) is 11.8. The van der Waals surface area contributed by atoms with Crippen molar-refractivity contribution >= 4 is 11.8 Å². The van der Waals surface area contributed by atoms with Gasteiger partial charge in [-0.25, -0.2) is 4.98 Å². The Morgan fingerprint density at radius 1 is 1.45 bits per heavy atom. The molecule has 1 N–H and O–H groups in total. The summed E-state index contributed by atoms with van der Waals surface area (Å²) in [6, 6.07) is -0.415. The van der Waals surface area contributed by atoms with Crippen LogP contribution in [0, 0.1) is 0 Å². The first-order chi connectivity index (χ1) is 9.59. The number of carbonyl (C=O) groups is 2. The molecule has 20 heavy (non-hydrogen) atoms. The van der Waals surface area contributed by atoms with E-state index in [2.05, 4.69) is 15.4 Å². The second-order valence-electron chi connectivity index (χ2n) is 4.95. The monoisotopic (exact) mass is 280 g/mol. The van der Waals surface area contributed by atoms with Gasteiger partial charge in [0.2, 0.25) is 11.8 Å². The summed E-state index contributed by atoms with van der Waals surface area (Å²) in [6.45, 7) is 2.25. The fourth-order valence-corrected chi connectivity index (χ4v) is 2.22. The highest BCUT2D eigenvalue weighted by atomic mass is 16.2. The average Bonchev–Trinajstić information content (AvgIpc) is 2.97. The van der Waals surface area contributed by atoms with Gasteiger partial charge in [0.15, 0.2) is 0 Å². The highest BCUT2D eigenvalue weighted by molar-refractivity contribution is 5.87. The average molecular weight is 280 g/mol. The Morgan fingerprint density at radius 3 is 2.90 bits per heavy atom. The van der Waals surface area contributed by atoms with Crippen LogP contribution in [-0.4, -0.2) is 76.2 Å². The van der Waals surface area contributed by atoms with Gasteiger partial charge >= 0.3 is 0 Å². The third-order valence-electron chi connectivity index (χ3n) is 3.31. The molecule has 0 aromatic carbocycles. The van der Waals surface area contributed by atoms with Crippen molar-refractivity contribution in [2.24, 2.45) is 0 Å². The molecule has 0 saturated carbocycles. The molecule has 1 fully saturated rings. The summed E-state index contributed by atoms with van der Waals surface area (Å²) in [5, 5.41) is 7.12. The second-order valence-corrected chi connectivity index (χ2v) is 4.95. The Morgan fingerprint density at radius 2 is 2.25 bits per heavy atom. The molecule has 1 atom stereocenters. The van der Waals surface area contributed by atoms with Gasteiger partial charge in [-0.1, -0.05) is 0 Å². The third-order valence-corrected chi connectivity index (χ3v) is 3.31. The lowest BCUT2D eigenvalue weighted by Crippen LogP contribution is -2.59. The lowest BCUT2D eigenvalue weighted by Gasteiger charge is -2.36. The number of rotatable bonds is 4. The molecule has 1 unspecified atom stereocenters. The van der Waals surface area contributed by atoms with E-state index >= 15 is 0 Å². The van der Waals surface area contributed by atoms with Crippen LogP contribution in [0.4, 0.5) is 0 Å². The molecule has 1 aliphatic heterocycles. The van der Waals surface area contributed by atoms with Crippen molar-refractivity contribution in [3.8, 4) is 0 Å². The maximum Gasteiger partial charge on any atom is 0.246 e. The van der Waals surface area contributed by atoms with Gasteiger partial charge in [0.05, 0.1) is 6.54 Å². The number of carbonyl (C=O) groups excluding carboxylic acids is 2. The van der Waals surface area contributed by atoms with Crippen molar-refractivity contribution < 1.29 is 9.59 Å². The second kappa shape index (κ2) is 6.47. The normalized spacial score (nSPS) is 18.9. The van der Waals surface area contributed by atoms with E-state index in [0.717, 1.165) is 0 Å². The fourth-order valence-electron chi connectivity index (χ4n) is 2.22. The van der Waals surface area contributed by atoms with Crippen molar-refractivity contribution in [3.63, 3.8) is 0 Å². The summed E-state index contributed by atoms with van der Waals surface area (Å²) >= 11 is 0. The van der Waals surface area contributed by atoms with Gasteiger partial charge in [0.25, 0.3) is 0 Å². The van der Waals surface area contributed by atoms with Gasteiger partial charge in [0.1, 0.15) is 18.7 Å². The Bertz CT molecular complexity index is 459. The van der Waals surface area contributed by atoms with Gasteiger partial charge in [0, 0.05) is 40.2 Å². The summed E-state index contributed by atoms with van der Waals surface area (Å²) in [7, 11) is 3.41. The van der Waals surface area contributed by atoms with Gasteiger partial charge in [-0.3, -0.25) is 14.3 Å². The molecule has 2 amide bonds. The van der Waals surface area contributed by atoms with Crippen LogP contribution in [0.2, 0.25) is 0 Å². The highest BCUT2D eigenvalue weighted by Crippen LogP contribution is 2.08. The quantitative estimate of drug-likeness (QED) is 0.730. The van der Waals surface area contributed by atoms with Crippen LogP contribution in [0.3, 0.4) is 0 Å². The van der Waals surface area contributed by atoms with Crippen LogP contribution >= 0.6 is 0 Å². The van der Waals surface area contributed by atoms with Crippen LogP contribution in [0.1, 0.15) is 6.42 Å². The van der Waals surface area contributed by atoms with E-state index in [-0.39, 0.29) is 11.8 Å². The first-order valence-corrected chi connectivity index (χ1v) is 6.63. The predicted octanol–water partition coefficient (Wildman–Crippen LogP) is -1.44. The molecule has 1 aliphatic rings. The number of nitrogens with zero attached hydrogens (tertiary/aromatic N) is 5. The Hall–Kier alpha value is -1.96. The number of likely N-dealkylation sites (N-methyl/N-ethyl adjacent to an activating group) is 1. The van der Waals surface area contributed by atoms with Crippen molar-refractivity contribution in [3.05, 3.63) is 12.7 Å². The molecule has 1 saturated heterocycles. The van der Waals surface area contributed by atoms with E-state index in [1.807, 2.05) is 0 Å². The van der Waals surface area contributed by atoms with Gasteiger partial charge in [-0.2, -0.15) is 5.10 Å². The van der Waals surface area contributed by atoms with E-state index in [1.165, 1.54) is 11.2 Å². The summed E-state index contributed by atoms with van der Waals surface area (Å²) in [4.78, 5) is 31.4. The largest absolute Gasteiger partial charge is 0.347 e. The van der Waals surface area contributed by atoms with Crippen LogP contribution in [0.25, 0.3) is 0 Å². The molecule has 2 heterocycles. The van der Waals surface area contributed by atoms with Crippen molar-refractivity contribution in [2.45, 2.75) is 19.0 Å². The zero-order valence-corrected chi connectivity index (χ0v) is 11.8. The van der Waals surface area contributed by atoms with Crippen LogP contribution < -0.4 is 5.32 Å². The smallest absolute Gasteiger partial charge is 0.246 e. The van der Waals surface area contributed by atoms with Crippen molar-refractivity contribution in [1.29, 1.82) is 0 Å². The highest BCUT2D eigenvalue weighted by Gasteiger charge is 2.32. The molecule has 0 aliphatic carbocycles. The van der Waals surface area contributed by atoms with Crippen LogP contribution in [-0.2, 0) is 16.1 Å². The molecular weight excluding hydrogens is 260 g/mol. The standard InChI is InChI=1S/C12H20N6O2/c1-16(2)12(20)10-7-13-4-6-18(10)11(19)3-5-17-9-14-8-15-17/h8-10,13H,3-7H2,1-2H3. The number of amides is 2. The maximum absolute atomic E-state index is 12.3. The van der Waals surface area contributed by atoms with Crippen molar-refractivity contribution in [1.82, 2.24) is 29.9 Å². The lowest BCUT2D eigenvalue weighted by atomic mass is 10.1. The minimum atomic E-state index is -0.415. The number of hydrogen-bond acceptors (Lipinski definition) is 5. The summed E-state index contributed by atoms with van der Waals surface area (Å²) in [5.41, 5.74) is 0. The number of aromatic nitrogens is 3. The number of hydrogen-bond donors (Lipinski definition) is 1. The van der Waals surface area contributed by atoms with Gasteiger partial charge < -0.3 is 15.1 Å². The first kappa shape index (κ1) is 14.4. The molecule has 8 nitrogen and oxygen atoms in total. The Kier molecular flexibility index (Phi) is 4.67. The molecule has 110 valence electrons. The molecule has 0 bridgehead atoms. The Balaban J connectivity index is 1.96. The lowest BCUT2D eigenvalue weighted by molar-refractivity contribution is -0.145. The third kappa shape index (κ3) is 3.32. The number of piperazine rings is 1. The molecular formula is C12H20N6O2. The van der Waals surface area contributed by atoms with E-state index in [0.29, 0.717) is 32.6 Å². The minimum absolute atomic E-state index is 0.0257. The molecule has 0 radical (unpaired) electrons. The molecule has 8 heteroatoms. The molecule has 1 aromatic heterocycles. The zero-order chi connectivity index (χ0) is 14.5. The number of nitrogens with one attached hydrogen (secondary N) is 1. The summed E-state index contributed by atoms with van der Waals surface area (Å²) < 4.78 is 1.61. The van der Waals surface area contributed by atoms with Crippen molar-refractivity contribution in [2.75, 3.05) is 33.7 Å². The fraction of sp³-hybridized carbons (Fsp3) is 0.667. The summed E-state index contributed by atoms with van der Waals surface area (Å²) in [6.07, 6.45) is 3.34. The van der Waals surface area contributed by atoms with Crippen LogP contribution in [0.5, 0.6) is 0 Å². The predicted molar refractivity (Wildman–Crippen MR) is 71.7 cm³/mol. The van der Waals surface area contributed by atoms with E-state index in [1.54, 1.807) is 30.0 Å². The van der Waals surface area contributed by atoms with E-state index < -0.39 is 6.04 Å². The Labute approximate surface area is 117 Å². The molecule has 1 aromatic rings. The van der Waals surface area contributed by atoms with Gasteiger partial charge in [-0.15, -0.1) is 0 Å². The van der Waals surface area contributed by atoms with Gasteiger partial charge in [-0.05, 0) is 0 Å². The number of aryl methyl sites for hydroxylation is 1. The van der Waals surface area contributed by atoms with E-state index in [4.69, 9.17) is 0 Å². The minimum Gasteiger partial charge on any atom is -0.347 e. The molecule has 2 rings (SSSR count). The first-order valence-electron chi connectivity index (χ1n) is 6.63. The van der Waals surface area contributed by atoms with Crippen LogP contribution in [0.15, 0.2) is 12.7 Å². The maximum atomic E-state index is 12.3. The van der Waals surface area contributed by atoms with E-state index in [9.17, 15) is 9.59 Å². The SMILES string of the molecule is CN(C)C(=O)C1CNCCN1C(=O)CCn1cncn1. The topological polar surface area (TPSA) is 83.4 Å².